The van der Waals surface area contributed by atoms with Gasteiger partial charge >= 0.3 is 6.09 Å². The van der Waals surface area contributed by atoms with Crippen LogP contribution in [0.15, 0.2) is 12.4 Å². The Morgan fingerprint density at radius 3 is 2.44 bits per heavy atom. The average Bonchev–Trinajstić information content (AvgIpc) is 2.24. The summed E-state index contributed by atoms with van der Waals surface area (Å²) in [5, 5.41) is 5.64. The van der Waals surface area contributed by atoms with E-state index in [1.165, 1.54) is 0 Å². The monoisotopic (exact) mass is 252 g/mol. The van der Waals surface area contributed by atoms with Crippen LogP contribution in [0.4, 0.5) is 10.7 Å². The second-order valence-corrected chi connectivity index (χ2v) is 4.94. The van der Waals surface area contributed by atoms with E-state index in [9.17, 15) is 4.79 Å². The van der Waals surface area contributed by atoms with Crippen molar-refractivity contribution in [2.45, 2.75) is 33.3 Å². The number of aromatic nitrogens is 2. The van der Waals surface area contributed by atoms with Crippen molar-refractivity contribution in [3.63, 3.8) is 0 Å². The lowest BCUT2D eigenvalue weighted by molar-refractivity contribution is 0.0530. The second-order valence-electron chi connectivity index (χ2n) is 4.94. The van der Waals surface area contributed by atoms with Gasteiger partial charge in [-0.2, -0.15) is 0 Å². The highest BCUT2D eigenvalue weighted by molar-refractivity contribution is 5.67. The number of rotatable bonds is 4. The molecule has 6 heteroatoms. The smallest absolute Gasteiger partial charge is 0.407 e. The standard InChI is InChI=1S/C12H20N4O2/c1-9-7-15-10(16-8-9)13-5-6-14-11(17)18-12(2,3)4/h7-8H,5-6H2,1-4H3,(H,14,17)(H,13,15,16). The molecule has 1 aromatic rings. The number of carbonyl (C=O) groups excluding carboxylic acids is 1. The Kier molecular flexibility index (Phi) is 4.88. The van der Waals surface area contributed by atoms with E-state index < -0.39 is 11.7 Å². The van der Waals surface area contributed by atoms with E-state index in [1.807, 2.05) is 27.7 Å². The van der Waals surface area contributed by atoms with Crippen LogP contribution in [0, 0.1) is 6.92 Å². The average molecular weight is 252 g/mol. The van der Waals surface area contributed by atoms with E-state index in [1.54, 1.807) is 12.4 Å². The van der Waals surface area contributed by atoms with E-state index in [4.69, 9.17) is 4.74 Å². The lowest BCUT2D eigenvalue weighted by Crippen LogP contribution is -2.35. The minimum atomic E-state index is -0.475. The first kappa shape index (κ1) is 14.2. The van der Waals surface area contributed by atoms with Gasteiger partial charge in [-0.3, -0.25) is 0 Å². The molecule has 0 aliphatic rings. The molecule has 2 N–H and O–H groups in total. The van der Waals surface area contributed by atoms with Crippen molar-refractivity contribution < 1.29 is 9.53 Å². The molecule has 0 spiro atoms. The van der Waals surface area contributed by atoms with Crippen molar-refractivity contribution in [1.29, 1.82) is 0 Å². The summed E-state index contributed by atoms with van der Waals surface area (Å²) in [7, 11) is 0. The number of hydrogen-bond acceptors (Lipinski definition) is 5. The molecule has 0 bridgehead atoms. The number of anilines is 1. The number of carbonyl (C=O) groups is 1. The first-order chi connectivity index (χ1) is 8.37. The van der Waals surface area contributed by atoms with Crippen LogP contribution in [-0.4, -0.2) is 34.8 Å². The molecule has 0 saturated carbocycles. The van der Waals surface area contributed by atoms with Crippen molar-refractivity contribution in [3.8, 4) is 0 Å². The number of ether oxygens (including phenoxy) is 1. The Labute approximate surface area is 107 Å². The molecule has 0 aromatic carbocycles. The number of alkyl carbamates (subject to hydrolysis) is 1. The van der Waals surface area contributed by atoms with E-state index in [0.717, 1.165) is 5.56 Å². The molecule has 0 aliphatic carbocycles. The summed E-state index contributed by atoms with van der Waals surface area (Å²) < 4.78 is 5.10. The summed E-state index contributed by atoms with van der Waals surface area (Å²) in [6.07, 6.45) is 3.04. The Morgan fingerprint density at radius 2 is 1.89 bits per heavy atom. The van der Waals surface area contributed by atoms with Crippen LogP contribution in [0.25, 0.3) is 0 Å². The SMILES string of the molecule is Cc1cnc(NCCNC(=O)OC(C)(C)C)nc1. The zero-order valence-corrected chi connectivity index (χ0v) is 11.3. The van der Waals surface area contributed by atoms with E-state index in [-0.39, 0.29) is 0 Å². The summed E-state index contributed by atoms with van der Waals surface area (Å²) in [5.74, 6) is 0.548. The van der Waals surface area contributed by atoms with Gasteiger partial charge in [-0.05, 0) is 33.3 Å². The van der Waals surface area contributed by atoms with Crippen molar-refractivity contribution in [2.75, 3.05) is 18.4 Å². The minimum Gasteiger partial charge on any atom is -0.444 e. The molecule has 6 nitrogen and oxygen atoms in total. The van der Waals surface area contributed by atoms with E-state index in [2.05, 4.69) is 20.6 Å². The van der Waals surface area contributed by atoms with Crippen LogP contribution in [0.5, 0.6) is 0 Å². The molecule has 1 aromatic heterocycles. The van der Waals surface area contributed by atoms with Gasteiger partial charge in [0.15, 0.2) is 0 Å². The number of aryl methyl sites for hydroxylation is 1. The molecule has 1 amide bonds. The Morgan fingerprint density at radius 1 is 1.28 bits per heavy atom. The minimum absolute atomic E-state index is 0.422. The fourth-order valence-corrected chi connectivity index (χ4v) is 1.14. The van der Waals surface area contributed by atoms with Gasteiger partial charge in [0, 0.05) is 25.5 Å². The topological polar surface area (TPSA) is 76.1 Å². The van der Waals surface area contributed by atoms with Crippen LogP contribution in [-0.2, 0) is 4.74 Å². The first-order valence-electron chi connectivity index (χ1n) is 5.86. The highest BCUT2D eigenvalue weighted by Crippen LogP contribution is 2.06. The maximum absolute atomic E-state index is 11.3. The summed E-state index contributed by atoms with van der Waals surface area (Å²) in [6.45, 7) is 8.39. The Bertz CT molecular complexity index is 384. The van der Waals surface area contributed by atoms with Gasteiger partial charge in [-0.25, -0.2) is 14.8 Å². The molecule has 0 saturated heterocycles. The zero-order chi connectivity index (χ0) is 13.6. The summed E-state index contributed by atoms with van der Waals surface area (Å²) >= 11 is 0. The number of nitrogens with one attached hydrogen (secondary N) is 2. The molecular weight excluding hydrogens is 232 g/mol. The number of nitrogens with zero attached hydrogens (tertiary/aromatic N) is 2. The van der Waals surface area contributed by atoms with Crippen LogP contribution in [0.2, 0.25) is 0 Å². The molecule has 0 unspecified atom stereocenters. The lowest BCUT2D eigenvalue weighted by Gasteiger charge is -2.19. The quantitative estimate of drug-likeness (QED) is 0.798. The van der Waals surface area contributed by atoms with Crippen molar-refractivity contribution in [1.82, 2.24) is 15.3 Å². The molecule has 0 radical (unpaired) electrons. The lowest BCUT2D eigenvalue weighted by atomic mass is 10.2. The van der Waals surface area contributed by atoms with Gasteiger partial charge in [-0.15, -0.1) is 0 Å². The fourth-order valence-electron chi connectivity index (χ4n) is 1.14. The van der Waals surface area contributed by atoms with Crippen LogP contribution >= 0.6 is 0 Å². The third-order valence-electron chi connectivity index (χ3n) is 1.86. The first-order valence-corrected chi connectivity index (χ1v) is 5.86. The number of amides is 1. The van der Waals surface area contributed by atoms with Gasteiger partial charge in [0.05, 0.1) is 0 Å². The van der Waals surface area contributed by atoms with Crippen LogP contribution in [0.3, 0.4) is 0 Å². The van der Waals surface area contributed by atoms with Crippen LogP contribution < -0.4 is 10.6 Å². The van der Waals surface area contributed by atoms with E-state index >= 15 is 0 Å². The Hall–Kier alpha value is -1.85. The normalized spacial score (nSPS) is 10.9. The highest BCUT2D eigenvalue weighted by Gasteiger charge is 2.15. The third kappa shape index (κ3) is 6.03. The van der Waals surface area contributed by atoms with Gasteiger partial charge in [0.1, 0.15) is 5.60 Å². The second kappa shape index (κ2) is 6.18. The molecule has 0 fully saturated rings. The van der Waals surface area contributed by atoms with Gasteiger partial charge in [0.25, 0.3) is 0 Å². The largest absolute Gasteiger partial charge is 0.444 e. The summed E-state index contributed by atoms with van der Waals surface area (Å²) in [4.78, 5) is 19.5. The van der Waals surface area contributed by atoms with Gasteiger partial charge in [-0.1, -0.05) is 0 Å². The van der Waals surface area contributed by atoms with Gasteiger partial charge < -0.3 is 15.4 Å². The number of hydrogen-bond donors (Lipinski definition) is 2. The highest BCUT2D eigenvalue weighted by atomic mass is 16.6. The maximum atomic E-state index is 11.3. The van der Waals surface area contributed by atoms with Crippen molar-refractivity contribution in [2.24, 2.45) is 0 Å². The molecule has 1 heterocycles. The zero-order valence-electron chi connectivity index (χ0n) is 11.3. The predicted molar refractivity (Wildman–Crippen MR) is 69.5 cm³/mol. The molecule has 1 rings (SSSR count). The molecule has 100 valence electrons. The maximum Gasteiger partial charge on any atom is 0.407 e. The van der Waals surface area contributed by atoms with Crippen LogP contribution in [0.1, 0.15) is 26.3 Å². The summed E-state index contributed by atoms with van der Waals surface area (Å²) in [6, 6.07) is 0. The van der Waals surface area contributed by atoms with Crippen molar-refractivity contribution >= 4 is 12.0 Å². The fraction of sp³-hybridized carbons (Fsp3) is 0.583. The Balaban J connectivity index is 2.19. The molecular formula is C12H20N4O2. The third-order valence-corrected chi connectivity index (χ3v) is 1.86. The molecule has 18 heavy (non-hydrogen) atoms. The molecule has 0 aliphatic heterocycles. The van der Waals surface area contributed by atoms with Crippen molar-refractivity contribution in [3.05, 3.63) is 18.0 Å². The predicted octanol–water partition coefficient (Wildman–Crippen LogP) is 1.72. The van der Waals surface area contributed by atoms with Gasteiger partial charge in [0.2, 0.25) is 5.95 Å². The van der Waals surface area contributed by atoms with E-state index in [0.29, 0.717) is 19.0 Å². The summed E-state index contributed by atoms with van der Waals surface area (Å²) in [5.41, 5.74) is 0.532. The molecule has 0 atom stereocenters.